The maximum Gasteiger partial charge on any atom is 0.416 e. The van der Waals surface area contributed by atoms with Crippen LogP contribution in [-0.2, 0) is 17.1 Å². The number of carboxylic acid groups (broad SMARTS) is 1. The number of piperidine rings is 1. The second kappa shape index (κ2) is 11.5. The predicted molar refractivity (Wildman–Crippen MR) is 129 cm³/mol. The van der Waals surface area contributed by atoms with Crippen LogP contribution in [0.25, 0.3) is 0 Å². The number of hydrogen-bond donors (Lipinski definition) is 2. The van der Waals surface area contributed by atoms with Crippen molar-refractivity contribution in [3.63, 3.8) is 0 Å². The molecule has 1 aromatic rings. The monoisotopic (exact) mass is 536 g/mol. The van der Waals surface area contributed by atoms with E-state index < -0.39 is 41.0 Å². The molecule has 0 aromatic heterocycles. The summed E-state index contributed by atoms with van der Waals surface area (Å²) in [6, 6.07) is 1.07. The molecule has 2 aliphatic rings. The van der Waals surface area contributed by atoms with Crippen LogP contribution < -0.4 is 5.32 Å². The third kappa shape index (κ3) is 8.34. The smallest absolute Gasteiger partial charge is 0.416 e. The number of rotatable bonds is 8. The Morgan fingerprint density at radius 3 is 1.86 bits per heavy atom. The van der Waals surface area contributed by atoms with E-state index in [1.165, 1.54) is 0 Å². The third-order valence-electron chi connectivity index (χ3n) is 8.25. The van der Waals surface area contributed by atoms with Crippen molar-refractivity contribution in [3.8, 4) is 0 Å². The molecular weight excluding hydrogens is 498 g/mol. The fourth-order valence-corrected chi connectivity index (χ4v) is 6.06. The Hall–Kier alpha value is -1.81. The molecule has 1 saturated heterocycles. The number of halogens is 6. The summed E-state index contributed by atoms with van der Waals surface area (Å²) in [5.74, 6) is 0.337. The standard InChI is InChI=1S/C27H38F6N2O2/c1-17(20-13-22(26(28,29)30)15-23(14-20)27(31,32)33)34-25(2,3)21-8-10-35(11-9-21)16-19-6-4-18(5-7-19)12-24(36)37/h13-15,17-19,21,34H,4-12,16H2,1-3H3,(H,36,37). The van der Waals surface area contributed by atoms with Crippen LogP contribution in [0.2, 0.25) is 0 Å². The minimum Gasteiger partial charge on any atom is -0.481 e. The Morgan fingerprint density at radius 2 is 1.41 bits per heavy atom. The molecule has 0 bridgehead atoms. The van der Waals surface area contributed by atoms with Gasteiger partial charge in [0.15, 0.2) is 0 Å². The van der Waals surface area contributed by atoms with Gasteiger partial charge in [0.05, 0.1) is 11.1 Å². The highest BCUT2D eigenvalue weighted by Gasteiger charge is 2.39. The number of hydrogen-bond acceptors (Lipinski definition) is 3. The topological polar surface area (TPSA) is 52.6 Å². The largest absolute Gasteiger partial charge is 0.481 e. The van der Waals surface area contributed by atoms with Gasteiger partial charge in [-0.25, -0.2) is 0 Å². The van der Waals surface area contributed by atoms with E-state index in [0.29, 0.717) is 5.92 Å². The Labute approximate surface area is 214 Å². The van der Waals surface area contributed by atoms with E-state index in [9.17, 15) is 31.1 Å². The molecule has 3 rings (SSSR count). The number of carbonyl (C=O) groups is 1. The molecule has 2 fully saturated rings. The zero-order valence-corrected chi connectivity index (χ0v) is 21.7. The number of nitrogens with zero attached hydrogens (tertiary/aromatic N) is 1. The Kier molecular flexibility index (Phi) is 9.26. The lowest BCUT2D eigenvalue weighted by atomic mass is 9.78. The zero-order chi connectivity index (χ0) is 27.6. The van der Waals surface area contributed by atoms with Crippen molar-refractivity contribution < 1.29 is 36.2 Å². The molecule has 1 aliphatic carbocycles. The fraction of sp³-hybridized carbons (Fsp3) is 0.741. The van der Waals surface area contributed by atoms with E-state index in [1.54, 1.807) is 6.92 Å². The molecule has 1 saturated carbocycles. The van der Waals surface area contributed by atoms with Gasteiger partial charge in [-0.05, 0) is 114 Å². The molecule has 10 heteroatoms. The summed E-state index contributed by atoms with van der Waals surface area (Å²) in [5.41, 5.74) is -3.11. The normalized spacial score (nSPS) is 23.7. The highest BCUT2D eigenvalue weighted by molar-refractivity contribution is 5.67. The van der Waals surface area contributed by atoms with Gasteiger partial charge in [-0.3, -0.25) is 4.79 Å². The molecule has 2 N–H and O–H groups in total. The first-order chi connectivity index (χ1) is 17.0. The zero-order valence-electron chi connectivity index (χ0n) is 21.7. The second-order valence-electron chi connectivity index (χ2n) is 11.5. The van der Waals surface area contributed by atoms with Gasteiger partial charge in [-0.1, -0.05) is 0 Å². The van der Waals surface area contributed by atoms with Crippen LogP contribution in [0.15, 0.2) is 18.2 Å². The molecule has 37 heavy (non-hydrogen) atoms. The molecule has 1 atom stereocenters. The minimum absolute atomic E-state index is 0.0360. The molecule has 1 aromatic carbocycles. The van der Waals surface area contributed by atoms with Gasteiger partial charge in [0, 0.05) is 24.5 Å². The molecule has 1 unspecified atom stereocenters. The summed E-state index contributed by atoms with van der Waals surface area (Å²) < 4.78 is 79.7. The van der Waals surface area contributed by atoms with Crippen molar-refractivity contribution in [3.05, 3.63) is 34.9 Å². The molecular formula is C27H38F6N2O2. The van der Waals surface area contributed by atoms with Crippen molar-refractivity contribution in [1.82, 2.24) is 10.2 Å². The van der Waals surface area contributed by atoms with Gasteiger partial charge in [-0.2, -0.15) is 26.3 Å². The lowest BCUT2D eigenvalue weighted by molar-refractivity contribution is -0.143. The van der Waals surface area contributed by atoms with Crippen LogP contribution in [0.3, 0.4) is 0 Å². The molecule has 210 valence electrons. The highest BCUT2D eigenvalue weighted by atomic mass is 19.4. The molecule has 0 amide bonds. The maximum atomic E-state index is 13.3. The van der Waals surface area contributed by atoms with E-state index in [0.717, 1.165) is 70.3 Å². The molecule has 1 heterocycles. The van der Waals surface area contributed by atoms with Gasteiger partial charge in [0.2, 0.25) is 0 Å². The van der Waals surface area contributed by atoms with Crippen LogP contribution in [-0.4, -0.2) is 41.1 Å². The van der Waals surface area contributed by atoms with E-state index in [1.807, 2.05) is 13.8 Å². The lowest BCUT2D eigenvalue weighted by Gasteiger charge is -2.44. The first-order valence-electron chi connectivity index (χ1n) is 13.1. The number of likely N-dealkylation sites (tertiary alicyclic amines) is 1. The van der Waals surface area contributed by atoms with Crippen LogP contribution in [0.5, 0.6) is 0 Å². The number of aliphatic carboxylic acids is 1. The van der Waals surface area contributed by atoms with E-state index in [-0.39, 0.29) is 29.9 Å². The van der Waals surface area contributed by atoms with Gasteiger partial charge >= 0.3 is 18.3 Å². The van der Waals surface area contributed by atoms with Crippen LogP contribution in [0.4, 0.5) is 26.3 Å². The molecule has 4 nitrogen and oxygen atoms in total. The predicted octanol–water partition coefficient (Wildman–Crippen LogP) is 7.15. The Balaban J connectivity index is 1.56. The first kappa shape index (κ1) is 29.7. The van der Waals surface area contributed by atoms with Gasteiger partial charge in [-0.15, -0.1) is 0 Å². The molecule has 0 radical (unpaired) electrons. The van der Waals surface area contributed by atoms with Crippen molar-refractivity contribution in [2.75, 3.05) is 19.6 Å². The van der Waals surface area contributed by atoms with Crippen molar-refractivity contribution in [2.24, 2.45) is 17.8 Å². The summed E-state index contributed by atoms with van der Waals surface area (Å²) in [6.45, 7) is 8.30. The Morgan fingerprint density at radius 1 is 0.919 bits per heavy atom. The van der Waals surface area contributed by atoms with Crippen molar-refractivity contribution in [2.45, 2.75) is 89.7 Å². The fourth-order valence-electron chi connectivity index (χ4n) is 6.06. The summed E-state index contributed by atoms with van der Waals surface area (Å²) in [6.07, 6.45) is -3.73. The highest BCUT2D eigenvalue weighted by Crippen LogP contribution is 2.39. The maximum absolute atomic E-state index is 13.3. The average molecular weight is 537 g/mol. The summed E-state index contributed by atoms with van der Waals surface area (Å²) in [5, 5.41) is 12.3. The van der Waals surface area contributed by atoms with E-state index in [4.69, 9.17) is 5.11 Å². The second-order valence-corrected chi connectivity index (χ2v) is 11.5. The SMILES string of the molecule is CC(NC(C)(C)C1CCN(CC2CCC(CC(=O)O)CC2)CC1)c1cc(C(F)(F)F)cc(C(F)(F)F)c1. The third-order valence-corrected chi connectivity index (χ3v) is 8.25. The average Bonchev–Trinajstić information content (AvgIpc) is 2.78. The van der Waals surface area contributed by atoms with E-state index in [2.05, 4.69) is 10.2 Å². The molecule has 1 aliphatic heterocycles. The van der Waals surface area contributed by atoms with Crippen LogP contribution >= 0.6 is 0 Å². The number of nitrogens with one attached hydrogen (secondary N) is 1. The van der Waals surface area contributed by atoms with E-state index >= 15 is 0 Å². The molecule has 0 spiro atoms. The lowest BCUT2D eigenvalue weighted by Crippen LogP contribution is -2.51. The van der Waals surface area contributed by atoms with Crippen molar-refractivity contribution >= 4 is 5.97 Å². The van der Waals surface area contributed by atoms with Gasteiger partial charge < -0.3 is 15.3 Å². The van der Waals surface area contributed by atoms with Crippen LogP contribution in [0, 0.1) is 17.8 Å². The number of alkyl halides is 6. The number of benzene rings is 1. The summed E-state index contributed by atoms with van der Waals surface area (Å²) in [4.78, 5) is 13.4. The first-order valence-corrected chi connectivity index (χ1v) is 13.1. The van der Waals surface area contributed by atoms with Crippen molar-refractivity contribution in [1.29, 1.82) is 0 Å². The van der Waals surface area contributed by atoms with Gasteiger partial charge in [0.25, 0.3) is 0 Å². The minimum atomic E-state index is -4.87. The summed E-state index contributed by atoms with van der Waals surface area (Å²) >= 11 is 0. The Bertz CT molecular complexity index is 882. The number of carboxylic acids is 1. The summed E-state index contributed by atoms with van der Waals surface area (Å²) in [7, 11) is 0. The quantitative estimate of drug-likeness (QED) is 0.347. The van der Waals surface area contributed by atoms with Crippen LogP contribution in [0.1, 0.15) is 88.4 Å². The van der Waals surface area contributed by atoms with Gasteiger partial charge in [0.1, 0.15) is 0 Å².